The molecule has 1 rings (SSSR count). The van der Waals surface area contributed by atoms with Crippen molar-refractivity contribution in [3.63, 3.8) is 0 Å². The fourth-order valence-electron chi connectivity index (χ4n) is 1.32. The Morgan fingerprint density at radius 3 is 2.27 bits per heavy atom. The first-order valence-electron chi connectivity index (χ1n) is 4.82. The van der Waals surface area contributed by atoms with Crippen LogP contribution in [0.3, 0.4) is 0 Å². The molecule has 0 spiro atoms. The highest BCUT2D eigenvalue weighted by Gasteiger charge is 2.11. The van der Waals surface area contributed by atoms with Gasteiger partial charge in [-0.15, -0.1) is 0 Å². The summed E-state index contributed by atoms with van der Waals surface area (Å²) in [5.41, 5.74) is 1.24. The molecule has 1 N–H and O–H groups in total. The van der Waals surface area contributed by atoms with Gasteiger partial charge in [0.15, 0.2) is 6.10 Å². The summed E-state index contributed by atoms with van der Waals surface area (Å²) in [4.78, 5) is 10.6. The van der Waals surface area contributed by atoms with Crippen molar-refractivity contribution in [1.82, 2.24) is 0 Å². The van der Waals surface area contributed by atoms with Gasteiger partial charge in [-0.1, -0.05) is 12.1 Å². The van der Waals surface area contributed by atoms with Crippen molar-refractivity contribution in [2.45, 2.75) is 26.1 Å². The van der Waals surface area contributed by atoms with Crippen molar-refractivity contribution in [3.05, 3.63) is 42.3 Å². The van der Waals surface area contributed by atoms with Crippen molar-refractivity contribution in [2.75, 3.05) is 0 Å². The Morgan fingerprint density at radius 2 is 1.87 bits per heavy atom. The number of hydrogen-bond donors (Lipinski definition) is 1. The predicted octanol–water partition coefficient (Wildman–Crippen LogP) is 2.68. The molecule has 3 heteroatoms. The third-order valence-electron chi connectivity index (χ3n) is 2.06. The minimum atomic E-state index is -0.916. The number of ether oxygens (including phenoxy) is 1. The molecule has 0 amide bonds. The maximum Gasteiger partial charge on any atom is 0.335 e. The van der Waals surface area contributed by atoms with E-state index in [-0.39, 0.29) is 17.8 Å². The zero-order valence-corrected chi connectivity index (χ0v) is 8.93. The van der Waals surface area contributed by atoms with Gasteiger partial charge in [-0.05, 0) is 24.6 Å². The Morgan fingerprint density at radius 1 is 1.33 bits per heavy atom. The van der Waals surface area contributed by atoms with Crippen LogP contribution in [0.4, 0.5) is 0 Å². The number of benzene rings is 1. The molecule has 0 aromatic heterocycles. The van der Waals surface area contributed by atoms with Crippen LogP contribution < -0.4 is 0 Å². The molecule has 1 aromatic carbocycles. The summed E-state index contributed by atoms with van der Waals surface area (Å²) in [7, 11) is 0. The maximum absolute atomic E-state index is 10.6. The molecule has 0 fully saturated rings. The lowest BCUT2D eigenvalue weighted by Crippen LogP contribution is -2.08. The van der Waals surface area contributed by atoms with E-state index in [1.54, 1.807) is 24.3 Å². The molecule has 80 valence electrons. The zero-order chi connectivity index (χ0) is 11.4. The molecule has 1 aromatic rings. The Balaban J connectivity index is 2.75. The average molecular weight is 207 g/mol. The van der Waals surface area contributed by atoms with Gasteiger partial charge in [-0.25, -0.2) is 4.79 Å². The van der Waals surface area contributed by atoms with Crippen molar-refractivity contribution in [3.8, 4) is 0 Å². The highest BCUT2D eigenvalue weighted by Crippen LogP contribution is 2.18. The monoisotopic (exact) mass is 207 g/mol. The number of carboxylic acid groups (broad SMARTS) is 1. The summed E-state index contributed by atoms with van der Waals surface area (Å²) in [6.07, 6.45) is -0.153. The molecule has 3 nitrogen and oxygen atoms in total. The van der Waals surface area contributed by atoms with E-state index in [2.05, 4.69) is 6.92 Å². The molecular formula is C12H15O3+. The van der Waals surface area contributed by atoms with Crippen molar-refractivity contribution in [1.29, 1.82) is 0 Å². The minimum absolute atomic E-state index is 0.0691. The smallest absolute Gasteiger partial charge is 0.335 e. The van der Waals surface area contributed by atoms with Gasteiger partial charge in [0, 0.05) is 6.92 Å². The standard InChI is InChI=1S/C12H14O3/c1-8(2)15-9(3)10-4-6-11(7-5-10)12(13)14/h4-9H,1H2,2-3H3/p+1. The zero-order valence-electron chi connectivity index (χ0n) is 8.93. The summed E-state index contributed by atoms with van der Waals surface area (Å²) >= 11 is 0. The van der Waals surface area contributed by atoms with Gasteiger partial charge in [0.1, 0.15) is 0 Å². The molecule has 2 atom stereocenters. The van der Waals surface area contributed by atoms with Crippen molar-refractivity contribution < 1.29 is 14.6 Å². The van der Waals surface area contributed by atoms with Gasteiger partial charge < -0.3 is 9.84 Å². The van der Waals surface area contributed by atoms with Crippen molar-refractivity contribution in [2.24, 2.45) is 0 Å². The van der Waals surface area contributed by atoms with Crippen LogP contribution in [0.2, 0.25) is 0 Å². The quantitative estimate of drug-likeness (QED) is 0.772. The predicted molar refractivity (Wildman–Crippen MR) is 57.7 cm³/mol. The van der Waals surface area contributed by atoms with Gasteiger partial charge in [0.05, 0.1) is 18.6 Å². The summed E-state index contributed by atoms with van der Waals surface area (Å²) in [6.45, 7) is 7.51. The number of rotatable bonds is 4. The van der Waals surface area contributed by atoms with Crippen LogP contribution >= 0.6 is 0 Å². The van der Waals surface area contributed by atoms with E-state index in [0.717, 1.165) is 5.56 Å². The first-order valence-corrected chi connectivity index (χ1v) is 4.82. The number of aromatic carboxylic acids is 1. The summed E-state index contributed by atoms with van der Waals surface area (Å²) < 4.78 is 5.48. The van der Waals surface area contributed by atoms with Gasteiger partial charge in [0.25, 0.3) is 0 Å². The summed E-state index contributed by atoms with van der Waals surface area (Å²) in [5, 5.41) is 8.72. The fourth-order valence-corrected chi connectivity index (χ4v) is 1.32. The molecular weight excluding hydrogens is 192 g/mol. The maximum atomic E-state index is 10.6. The molecule has 0 saturated carbocycles. The lowest BCUT2D eigenvalue weighted by Gasteiger charge is -2.13. The van der Waals surface area contributed by atoms with Crippen molar-refractivity contribution >= 4 is 5.97 Å². The van der Waals surface area contributed by atoms with Gasteiger partial charge in [-0.3, -0.25) is 0 Å². The lowest BCUT2D eigenvalue weighted by atomic mass is 10.1. The minimum Gasteiger partial charge on any atom is -0.478 e. The summed E-state index contributed by atoms with van der Waals surface area (Å²) in [5.74, 6) is -0.916. The van der Waals surface area contributed by atoms with E-state index in [0.29, 0.717) is 0 Å². The Labute approximate surface area is 89.7 Å². The topological polar surface area (TPSA) is 46.5 Å². The SMILES string of the molecule is [CH2+]C(C)OC(C)c1ccc(C(=O)O)cc1. The second kappa shape index (κ2) is 4.84. The second-order valence-corrected chi connectivity index (χ2v) is 3.52. The first-order chi connectivity index (χ1) is 7.00. The van der Waals surface area contributed by atoms with E-state index >= 15 is 0 Å². The van der Waals surface area contributed by atoms with E-state index in [4.69, 9.17) is 9.84 Å². The second-order valence-electron chi connectivity index (χ2n) is 3.52. The Kier molecular flexibility index (Phi) is 3.74. The number of hydrogen-bond acceptors (Lipinski definition) is 2. The number of carboxylic acids is 1. The highest BCUT2D eigenvalue weighted by molar-refractivity contribution is 5.87. The number of carbonyl (C=O) groups is 1. The Hall–Kier alpha value is -1.48. The molecule has 0 aliphatic heterocycles. The molecule has 0 bridgehead atoms. The van der Waals surface area contributed by atoms with Crippen LogP contribution in [-0.2, 0) is 4.74 Å². The van der Waals surface area contributed by atoms with Crippen LogP contribution in [0, 0.1) is 6.92 Å². The van der Waals surface area contributed by atoms with E-state index in [1.165, 1.54) is 0 Å². The first kappa shape index (κ1) is 11.6. The average Bonchev–Trinajstić information content (AvgIpc) is 2.17. The van der Waals surface area contributed by atoms with E-state index < -0.39 is 5.97 Å². The normalized spacial score (nSPS) is 14.5. The molecule has 0 heterocycles. The molecule has 0 saturated heterocycles. The van der Waals surface area contributed by atoms with E-state index in [9.17, 15) is 4.79 Å². The van der Waals surface area contributed by atoms with Crippen LogP contribution in [0.25, 0.3) is 0 Å². The largest absolute Gasteiger partial charge is 0.478 e. The fraction of sp³-hybridized carbons (Fsp3) is 0.333. The summed E-state index contributed by atoms with van der Waals surface area (Å²) in [6, 6.07) is 6.67. The van der Waals surface area contributed by atoms with Gasteiger partial charge >= 0.3 is 5.97 Å². The molecule has 0 radical (unpaired) electrons. The van der Waals surface area contributed by atoms with Gasteiger partial charge in [-0.2, -0.15) is 0 Å². The molecule has 0 aliphatic carbocycles. The van der Waals surface area contributed by atoms with Crippen LogP contribution in [0.5, 0.6) is 0 Å². The third kappa shape index (κ3) is 3.29. The van der Waals surface area contributed by atoms with Crippen LogP contribution in [-0.4, -0.2) is 17.2 Å². The molecule has 2 unspecified atom stereocenters. The van der Waals surface area contributed by atoms with Crippen LogP contribution in [0.1, 0.15) is 35.9 Å². The van der Waals surface area contributed by atoms with E-state index in [1.807, 2.05) is 13.8 Å². The van der Waals surface area contributed by atoms with Crippen LogP contribution in [0.15, 0.2) is 24.3 Å². The third-order valence-corrected chi connectivity index (χ3v) is 2.06. The lowest BCUT2D eigenvalue weighted by molar-refractivity contribution is 0.0319. The molecule has 15 heavy (non-hydrogen) atoms. The highest BCUT2D eigenvalue weighted by atomic mass is 16.5. The molecule has 0 aliphatic rings. The Bertz CT molecular complexity index is 327. The van der Waals surface area contributed by atoms with Gasteiger partial charge in [0.2, 0.25) is 0 Å².